The molecule has 1 aliphatic rings. The van der Waals surface area contributed by atoms with Crippen molar-refractivity contribution in [3.63, 3.8) is 0 Å². The van der Waals surface area contributed by atoms with E-state index >= 15 is 0 Å². The van der Waals surface area contributed by atoms with Gasteiger partial charge in [0.15, 0.2) is 11.5 Å². The van der Waals surface area contributed by atoms with Crippen molar-refractivity contribution in [1.29, 1.82) is 0 Å². The largest absolute Gasteiger partial charge is 0.504 e. The van der Waals surface area contributed by atoms with Gasteiger partial charge in [-0.1, -0.05) is 91.0 Å². The molecule has 5 nitrogen and oxygen atoms in total. The highest BCUT2D eigenvalue weighted by Gasteiger charge is 2.43. The van der Waals surface area contributed by atoms with Crippen LogP contribution in [-0.2, 0) is 19.1 Å². The minimum Gasteiger partial charge on any atom is -0.504 e. The fourth-order valence-corrected chi connectivity index (χ4v) is 3.94. The normalized spacial score (nSPS) is 16.5. The molecule has 0 saturated carbocycles. The molecule has 3 aromatic rings. The molecule has 0 aliphatic carbocycles. The summed E-state index contributed by atoms with van der Waals surface area (Å²) in [5.74, 6) is -3.10. The maximum atomic E-state index is 13.0. The zero-order chi connectivity index (χ0) is 22.5. The number of ether oxygens (including phenoxy) is 2. The maximum Gasteiger partial charge on any atom is 0.344 e. The number of hydrogen-bond donors (Lipinski definition) is 1. The number of carbonyl (C=O) groups excluding carboxylic acids is 2. The second-order valence-electron chi connectivity index (χ2n) is 7.37. The average Bonchev–Trinajstić information content (AvgIpc) is 3.11. The summed E-state index contributed by atoms with van der Waals surface area (Å²) < 4.78 is 10.5. The van der Waals surface area contributed by atoms with E-state index in [2.05, 4.69) is 0 Å². The van der Waals surface area contributed by atoms with Gasteiger partial charge in [0.05, 0.1) is 18.6 Å². The van der Waals surface area contributed by atoms with E-state index in [0.29, 0.717) is 11.1 Å². The first-order valence-electron chi connectivity index (χ1n) is 10.2. The Hall–Kier alpha value is -4.12. The van der Waals surface area contributed by atoms with E-state index in [9.17, 15) is 14.7 Å². The summed E-state index contributed by atoms with van der Waals surface area (Å²) in [5.41, 5.74) is 2.15. The van der Waals surface area contributed by atoms with E-state index < -0.39 is 23.8 Å². The molecule has 5 heteroatoms. The Morgan fingerprint density at radius 3 is 1.97 bits per heavy atom. The number of cyclic esters (lactones) is 1. The molecular weight excluding hydrogens is 404 g/mol. The van der Waals surface area contributed by atoms with Crippen molar-refractivity contribution >= 4 is 18.0 Å². The van der Waals surface area contributed by atoms with Crippen LogP contribution < -0.4 is 0 Å². The highest BCUT2D eigenvalue weighted by Crippen LogP contribution is 2.44. The molecule has 32 heavy (non-hydrogen) atoms. The van der Waals surface area contributed by atoms with Crippen LogP contribution in [0.25, 0.3) is 6.08 Å². The molecule has 0 unspecified atom stereocenters. The van der Waals surface area contributed by atoms with Gasteiger partial charge in [-0.2, -0.15) is 0 Å². The van der Waals surface area contributed by atoms with Crippen molar-refractivity contribution < 1.29 is 24.2 Å². The fourth-order valence-electron chi connectivity index (χ4n) is 3.94. The van der Waals surface area contributed by atoms with Gasteiger partial charge >= 0.3 is 11.9 Å². The molecule has 0 saturated heterocycles. The summed E-state index contributed by atoms with van der Waals surface area (Å²) in [6.07, 6.45) is 1.60. The standard InChI is InChI=1S/C27H22O5/c1-31-26(29)23(20-15-9-4-10-16-20)22(19-13-7-3-8-14-19)24-25(28)21(32-27(24)30)17-18-11-5-2-6-12-18/h2-17,22-23,28H,1H3/b21-17-/t22-,23+/m0/s1. The molecule has 0 fully saturated rings. The van der Waals surface area contributed by atoms with Crippen molar-refractivity contribution in [2.75, 3.05) is 7.11 Å². The van der Waals surface area contributed by atoms with E-state index in [-0.39, 0.29) is 17.1 Å². The molecule has 0 aromatic heterocycles. The lowest BCUT2D eigenvalue weighted by Crippen LogP contribution is -2.25. The Kier molecular flexibility index (Phi) is 6.17. The maximum absolute atomic E-state index is 13.0. The van der Waals surface area contributed by atoms with Gasteiger partial charge in [-0.05, 0) is 22.8 Å². The summed E-state index contributed by atoms with van der Waals surface area (Å²) in [7, 11) is 1.31. The number of esters is 2. The van der Waals surface area contributed by atoms with Crippen LogP contribution in [0.2, 0.25) is 0 Å². The third-order valence-electron chi connectivity index (χ3n) is 5.43. The SMILES string of the molecule is COC(=O)[C@H](c1ccccc1)[C@@H](C1=C(O)/C(=C/c2ccccc2)OC1=O)c1ccccc1. The minimum absolute atomic E-state index is 0.0256. The monoisotopic (exact) mass is 426 g/mol. The summed E-state index contributed by atoms with van der Waals surface area (Å²) in [5, 5.41) is 11.1. The highest BCUT2D eigenvalue weighted by atomic mass is 16.6. The minimum atomic E-state index is -0.857. The highest BCUT2D eigenvalue weighted by molar-refractivity contribution is 5.98. The van der Waals surface area contributed by atoms with Crippen molar-refractivity contribution in [2.45, 2.75) is 11.8 Å². The van der Waals surface area contributed by atoms with Crippen LogP contribution in [0.3, 0.4) is 0 Å². The third kappa shape index (κ3) is 4.18. The molecule has 0 spiro atoms. The van der Waals surface area contributed by atoms with E-state index in [0.717, 1.165) is 5.56 Å². The first-order valence-corrected chi connectivity index (χ1v) is 10.2. The molecule has 1 aliphatic heterocycles. The lowest BCUT2D eigenvalue weighted by atomic mass is 9.76. The Bertz CT molecular complexity index is 1160. The van der Waals surface area contributed by atoms with Gasteiger partial charge in [0.25, 0.3) is 0 Å². The molecule has 0 radical (unpaired) electrons. The van der Waals surface area contributed by atoms with Gasteiger partial charge in [0.2, 0.25) is 0 Å². The Morgan fingerprint density at radius 1 is 0.875 bits per heavy atom. The van der Waals surface area contributed by atoms with Crippen molar-refractivity contribution in [3.05, 3.63) is 125 Å². The second-order valence-corrected chi connectivity index (χ2v) is 7.37. The third-order valence-corrected chi connectivity index (χ3v) is 5.43. The average molecular weight is 426 g/mol. The lowest BCUT2D eigenvalue weighted by Gasteiger charge is -2.26. The van der Waals surface area contributed by atoms with Gasteiger partial charge in [-0.15, -0.1) is 0 Å². The summed E-state index contributed by atoms with van der Waals surface area (Å²) in [6.45, 7) is 0. The Balaban J connectivity index is 1.90. The molecule has 2 atom stereocenters. The summed E-state index contributed by atoms with van der Waals surface area (Å²) >= 11 is 0. The van der Waals surface area contributed by atoms with Crippen LogP contribution in [-0.4, -0.2) is 24.2 Å². The molecule has 0 bridgehead atoms. The van der Waals surface area contributed by atoms with E-state index in [1.54, 1.807) is 18.2 Å². The van der Waals surface area contributed by atoms with Gasteiger partial charge in [0, 0.05) is 5.92 Å². The van der Waals surface area contributed by atoms with E-state index in [1.807, 2.05) is 78.9 Å². The first-order chi connectivity index (χ1) is 15.6. The van der Waals surface area contributed by atoms with Crippen molar-refractivity contribution in [3.8, 4) is 0 Å². The van der Waals surface area contributed by atoms with Gasteiger partial charge in [-0.3, -0.25) is 4.79 Å². The number of hydrogen-bond acceptors (Lipinski definition) is 5. The van der Waals surface area contributed by atoms with Gasteiger partial charge in [-0.25, -0.2) is 4.79 Å². The number of aliphatic hydroxyl groups excluding tert-OH is 1. The molecule has 1 N–H and O–H groups in total. The zero-order valence-electron chi connectivity index (χ0n) is 17.5. The second kappa shape index (κ2) is 9.35. The number of aliphatic hydroxyl groups is 1. The predicted molar refractivity (Wildman–Crippen MR) is 121 cm³/mol. The van der Waals surface area contributed by atoms with Crippen LogP contribution in [0.15, 0.2) is 108 Å². The molecule has 1 heterocycles. The topological polar surface area (TPSA) is 72.8 Å². The molecule has 0 amide bonds. The molecular formula is C27H22O5. The van der Waals surface area contributed by atoms with Crippen LogP contribution in [0.1, 0.15) is 28.5 Å². The van der Waals surface area contributed by atoms with Crippen molar-refractivity contribution in [1.82, 2.24) is 0 Å². The zero-order valence-corrected chi connectivity index (χ0v) is 17.5. The summed E-state index contributed by atoms with van der Waals surface area (Å²) in [6, 6.07) is 27.4. The number of rotatable bonds is 6. The summed E-state index contributed by atoms with van der Waals surface area (Å²) in [4.78, 5) is 26.0. The number of methoxy groups -OCH3 is 1. The van der Waals surface area contributed by atoms with Crippen molar-refractivity contribution in [2.24, 2.45) is 0 Å². The lowest BCUT2D eigenvalue weighted by molar-refractivity contribution is -0.143. The van der Waals surface area contributed by atoms with Crippen LogP contribution in [0.4, 0.5) is 0 Å². The van der Waals surface area contributed by atoms with E-state index in [4.69, 9.17) is 9.47 Å². The molecule has 3 aromatic carbocycles. The Morgan fingerprint density at radius 2 is 1.41 bits per heavy atom. The number of carbonyl (C=O) groups is 2. The Labute approximate surface area is 186 Å². The smallest absolute Gasteiger partial charge is 0.344 e. The quantitative estimate of drug-likeness (QED) is 0.553. The van der Waals surface area contributed by atoms with Crippen LogP contribution in [0.5, 0.6) is 0 Å². The van der Waals surface area contributed by atoms with Gasteiger partial charge < -0.3 is 14.6 Å². The van der Waals surface area contributed by atoms with E-state index in [1.165, 1.54) is 7.11 Å². The predicted octanol–water partition coefficient (Wildman–Crippen LogP) is 5.14. The first kappa shape index (κ1) is 21.1. The number of benzene rings is 3. The van der Waals surface area contributed by atoms with Crippen LogP contribution >= 0.6 is 0 Å². The van der Waals surface area contributed by atoms with Gasteiger partial charge in [0.1, 0.15) is 0 Å². The molecule has 160 valence electrons. The fraction of sp³-hybridized carbons (Fsp3) is 0.111. The van der Waals surface area contributed by atoms with Crippen LogP contribution in [0, 0.1) is 0 Å². The molecule has 4 rings (SSSR count).